The summed E-state index contributed by atoms with van der Waals surface area (Å²) in [7, 11) is 1.65. The van der Waals surface area contributed by atoms with Gasteiger partial charge in [-0.1, -0.05) is 32.4 Å². The van der Waals surface area contributed by atoms with Gasteiger partial charge in [0.05, 0.1) is 18.5 Å². The molecule has 2 aromatic rings. The van der Waals surface area contributed by atoms with Gasteiger partial charge in [-0.2, -0.15) is 5.10 Å². The first-order chi connectivity index (χ1) is 11.6. The van der Waals surface area contributed by atoms with Crippen molar-refractivity contribution in [3.63, 3.8) is 0 Å². The summed E-state index contributed by atoms with van der Waals surface area (Å²) in [6.07, 6.45) is 3.96. The number of carbonyl (C=O) groups excluding carboxylic acids is 1. The van der Waals surface area contributed by atoms with Gasteiger partial charge in [0.25, 0.3) is 0 Å². The van der Waals surface area contributed by atoms with Gasteiger partial charge in [0.2, 0.25) is 5.91 Å². The maximum absolute atomic E-state index is 12.5. The van der Waals surface area contributed by atoms with Crippen LogP contribution >= 0.6 is 0 Å². The number of nitrogens with one attached hydrogen (secondary N) is 2. The van der Waals surface area contributed by atoms with E-state index in [4.69, 9.17) is 4.74 Å². The number of hydrogen-bond acceptors (Lipinski definition) is 3. The summed E-state index contributed by atoms with van der Waals surface area (Å²) >= 11 is 0. The van der Waals surface area contributed by atoms with Crippen LogP contribution in [-0.2, 0) is 11.2 Å². The molecule has 3 rings (SSSR count). The van der Waals surface area contributed by atoms with Gasteiger partial charge in [0.1, 0.15) is 11.4 Å². The Morgan fingerprint density at radius 2 is 2.21 bits per heavy atom. The van der Waals surface area contributed by atoms with Gasteiger partial charge < -0.3 is 10.1 Å². The van der Waals surface area contributed by atoms with E-state index in [9.17, 15) is 4.79 Å². The first-order valence-electron chi connectivity index (χ1n) is 8.61. The molecule has 0 atom stereocenters. The van der Waals surface area contributed by atoms with Crippen LogP contribution in [0.15, 0.2) is 24.3 Å². The lowest BCUT2D eigenvalue weighted by atomic mass is 9.84. The number of rotatable bonds is 6. The number of anilines is 1. The van der Waals surface area contributed by atoms with Crippen LogP contribution in [0, 0.1) is 11.8 Å². The van der Waals surface area contributed by atoms with E-state index in [-0.39, 0.29) is 11.8 Å². The molecular weight excluding hydrogens is 302 g/mol. The highest BCUT2D eigenvalue weighted by atomic mass is 16.5. The standard InChI is InChI=1S/C19H25N3O2/c1-12(2)10-16-18(20-19(23)13-6-4-7-13)17(22-21-16)14-8-5-9-15(11-14)24-3/h5,8-9,11-13H,4,6-7,10H2,1-3H3,(H,20,23)(H,21,22). The van der Waals surface area contributed by atoms with Gasteiger partial charge in [-0.25, -0.2) is 0 Å². The highest BCUT2D eigenvalue weighted by Crippen LogP contribution is 2.34. The Balaban J connectivity index is 1.95. The number of methoxy groups -OCH3 is 1. The fourth-order valence-electron chi connectivity index (χ4n) is 2.94. The summed E-state index contributed by atoms with van der Waals surface area (Å²) in [5.41, 5.74) is 3.51. The highest BCUT2D eigenvalue weighted by Gasteiger charge is 2.27. The predicted molar refractivity (Wildman–Crippen MR) is 95.1 cm³/mol. The second-order valence-corrected chi connectivity index (χ2v) is 6.87. The van der Waals surface area contributed by atoms with E-state index < -0.39 is 0 Å². The smallest absolute Gasteiger partial charge is 0.227 e. The molecule has 0 unspecified atom stereocenters. The Labute approximate surface area is 142 Å². The predicted octanol–water partition coefficient (Wildman–Crippen LogP) is 4.02. The number of H-pyrrole nitrogens is 1. The average molecular weight is 327 g/mol. The summed E-state index contributed by atoms with van der Waals surface area (Å²) in [5, 5.41) is 10.7. The number of aromatic nitrogens is 2. The number of aromatic amines is 1. The average Bonchev–Trinajstić information content (AvgIpc) is 2.87. The normalized spacial score (nSPS) is 14.5. The number of hydrogen-bond donors (Lipinski definition) is 2. The number of ether oxygens (including phenoxy) is 1. The molecule has 1 aliphatic carbocycles. The van der Waals surface area contributed by atoms with Crippen molar-refractivity contribution in [2.45, 2.75) is 39.5 Å². The lowest BCUT2D eigenvalue weighted by Gasteiger charge is -2.24. The first kappa shape index (κ1) is 16.6. The number of nitrogens with zero attached hydrogens (tertiary/aromatic N) is 1. The summed E-state index contributed by atoms with van der Waals surface area (Å²) in [6.45, 7) is 4.31. The lowest BCUT2D eigenvalue weighted by molar-refractivity contribution is -0.122. The summed E-state index contributed by atoms with van der Waals surface area (Å²) in [5.74, 6) is 1.50. The second-order valence-electron chi connectivity index (χ2n) is 6.87. The van der Waals surface area contributed by atoms with E-state index in [2.05, 4.69) is 29.4 Å². The molecule has 0 saturated heterocycles. The third kappa shape index (κ3) is 3.45. The van der Waals surface area contributed by atoms with Crippen molar-refractivity contribution in [1.29, 1.82) is 0 Å². The van der Waals surface area contributed by atoms with Crippen LogP contribution in [0.25, 0.3) is 11.3 Å². The van der Waals surface area contributed by atoms with E-state index in [1.165, 1.54) is 0 Å². The molecule has 1 saturated carbocycles. The fraction of sp³-hybridized carbons (Fsp3) is 0.474. The van der Waals surface area contributed by atoms with Gasteiger partial charge in [0.15, 0.2) is 0 Å². The Bertz CT molecular complexity index is 717. The van der Waals surface area contributed by atoms with Crippen LogP contribution < -0.4 is 10.1 Å². The van der Waals surface area contributed by atoms with Gasteiger partial charge in [-0.05, 0) is 37.3 Å². The molecule has 1 aliphatic rings. The fourth-order valence-corrected chi connectivity index (χ4v) is 2.94. The van der Waals surface area contributed by atoms with E-state index in [0.717, 1.165) is 54.1 Å². The Morgan fingerprint density at radius 3 is 2.83 bits per heavy atom. The van der Waals surface area contributed by atoms with Gasteiger partial charge in [-0.3, -0.25) is 9.89 Å². The summed E-state index contributed by atoms with van der Waals surface area (Å²) in [4.78, 5) is 12.5. The molecule has 1 amide bonds. The first-order valence-corrected chi connectivity index (χ1v) is 8.61. The zero-order chi connectivity index (χ0) is 17.1. The monoisotopic (exact) mass is 327 g/mol. The minimum absolute atomic E-state index is 0.108. The zero-order valence-corrected chi connectivity index (χ0v) is 14.6. The number of carbonyl (C=O) groups is 1. The molecule has 0 radical (unpaired) electrons. The largest absolute Gasteiger partial charge is 0.497 e. The van der Waals surface area contributed by atoms with Crippen molar-refractivity contribution >= 4 is 11.6 Å². The van der Waals surface area contributed by atoms with Gasteiger partial charge >= 0.3 is 0 Å². The molecule has 1 fully saturated rings. The molecule has 5 nitrogen and oxygen atoms in total. The number of benzene rings is 1. The Morgan fingerprint density at radius 1 is 1.42 bits per heavy atom. The molecule has 0 aliphatic heterocycles. The molecular formula is C19H25N3O2. The van der Waals surface area contributed by atoms with E-state index >= 15 is 0 Å². The third-order valence-electron chi connectivity index (χ3n) is 4.52. The minimum Gasteiger partial charge on any atom is -0.497 e. The van der Waals surface area contributed by atoms with Crippen LogP contribution in [0.1, 0.15) is 38.8 Å². The topological polar surface area (TPSA) is 67.0 Å². The molecule has 0 spiro atoms. The van der Waals surface area contributed by atoms with Crippen LogP contribution in [0.2, 0.25) is 0 Å². The van der Waals surface area contributed by atoms with Crippen LogP contribution in [0.4, 0.5) is 5.69 Å². The SMILES string of the molecule is COc1cccc(-c2n[nH]c(CC(C)C)c2NC(=O)C2CCC2)c1. The lowest BCUT2D eigenvalue weighted by Crippen LogP contribution is -2.28. The van der Waals surface area contributed by atoms with Crippen LogP contribution in [-0.4, -0.2) is 23.2 Å². The molecule has 1 aromatic carbocycles. The molecule has 24 heavy (non-hydrogen) atoms. The Hall–Kier alpha value is -2.30. The van der Waals surface area contributed by atoms with Crippen molar-refractivity contribution in [2.75, 3.05) is 12.4 Å². The molecule has 1 heterocycles. The minimum atomic E-state index is 0.108. The molecule has 1 aromatic heterocycles. The van der Waals surface area contributed by atoms with Crippen molar-refractivity contribution in [2.24, 2.45) is 11.8 Å². The van der Waals surface area contributed by atoms with Crippen molar-refractivity contribution in [3.8, 4) is 17.0 Å². The summed E-state index contributed by atoms with van der Waals surface area (Å²) in [6, 6.07) is 7.76. The molecule has 5 heteroatoms. The van der Waals surface area contributed by atoms with Gasteiger partial charge in [0, 0.05) is 11.5 Å². The van der Waals surface area contributed by atoms with E-state index in [1.54, 1.807) is 7.11 Å². The maximum Gasteiger partial charge on any atom is 0.227 e. The van der Waals surface area contributed by atoms with E-state index in [1.807, 2.05) is 24.3 Å². The van der Waals surface area contributed by atoms with Crippen LogP contribution in [0.5, 0.6) is 5.75 Å². The molecule has 128 valence electrons. The Kier molecular flexibility index (Phi) is 4.88. The molecule has 0 bridgehead atoms. The van der Waals surface area contributed by atoms with Crippen molar-refractivity contribution < 1.29 is 9.53 Å². The van der Waals surface area contributed by atoms with Crippen LogP contribution in [0.3, 0.4) is 0 Å². The van der Waals surface area contributed by atoms with Gasteiger partial charge in [-0.15, -0.1) is 0 Å². The molecule has 2 N–H and O–H groups in total. The van der Waals surface area contributed by atoms with Crippen molar-refractivity contribution in [3.05, 3.63) is 30.0 Å². The third-order valence-corrected chi connectivity index (χ3v) is 4.52. The van der Waals surface area contributed by atoms with E-state index in [0.29, 0.717) is 5.92 Å². The maximum atomic E-state index is 12.5. The zero-order valence-electron chi connectivity index (χ0n) is 14.6. The second kappa shape index (κ2) is 7.07. The quantitative estimate of drug-likeness (QED) is 0.842. The highest BCUT2D eigenvalue weighted by molar-refractivity contribution is 5.97. The summed E-state index contributed by atoms with van der Waals surface area (Å²) < 4.78 is 5.31. The number of amides is 1. The van der Waals surface area contributed by atoms with Crippen molar-refractivity contribution in [1.82, 2.24) is 10.2 Å².